The molecule has 3 atom stereocenters. The van der Waals surface area contributed by atoms with Crippen molar-refractivity contribution in [3.8, 4) is 17.0 Å². The van der Waals surface area contributed by atoms with E-state index in [9.17, 15) is 39.7 Å². The number of ketones is 2. The normalized spacial score (nSPS) is 22.9. The maximum absolute atomic E-state index is 13.7. The molecule has 0 spiro atoms. The molecule has 0 aliphatic heterocycles. The summed E-state index contributed by atoms with van der Waals surface area (Å²) in [5.74, 6) is -6.87. The second-order valence-corrected chi connectivity index (χ2v) is 11.4. The summed E-state index contributed by atoms with van der Waals surface area (Å²) in [4.78, 5) is 59.6. The molecule has 43 heavy (non-hydrogen) atoms. The quantitative estimate of drug-likeness (QED) is 0.136. The van der Waals surface area contributed by atoms with E-state index in [0.717, 1.165) is 0 Å². The number of aromatic hydroxyl groups is 1. The highest BCUT2D eigenvalue weighted by molar-refractivity contribution is 7.14. The van der Waals surface area contributed by atoms with Crippen LogP contribution in [0.4, 0.5) is 16.5 Å². The number of hydrogen-bond donors (Lipinski definition) is 6. The molecule has 1 amide bonds. The zero-order chi connectivity index (χ0) is 30.8. The molecule has 1 saturated carbocycles. The van der Waals surface area contributed by atoms with Crippen LogP contribution in [0.1, 0.15) is 24.0 Å². The highest BCUT2D eigenvalue weighted by Crippen LogP contribution is 2.53. The Kier molecular flexibility index (Phi) is 6.54. The van der Waals surface area contributed by atoms with Crippen LogP contribution >= 0.6 is 11.3 Å². The number of aliphatic hydroxyl groups is 3. The van der Waals surface area contributed by atoms with Crippen molar-refractivity contribution in [2.75, 3.05) is 12.4 Å². The van der Waals surface area contributed by atoms with Crippen molar-refractivity contribution < 1.29 is 44.6 Å². The number of carbonyl (C=O) groups excluding carboxylic acids is 3. The Bertz CT molecular complexity index is 1830. The first-order chi connectivity index (χ1) is 20.4. The Balaban J connectivity index is 1.37. The van der Waals surface area contributed by atoms with Gasteiger partial charge < -0.3 is 31.5 Å². The van der Waals surface area contributed by atoms with E-state index in [1.54, 1.807) is 35.7 Å². The fourth-order valence-electron chi connectivity index (χ4n) is 6.20. The minimum absolute atomic E-state index is 0.0218. The summed E-state index contributed by atoms with van der Waals surface area (Å²) in [5.41, 5.74) is 4.03. The number of Topliss-reactive ketones (excluding diaryl/α,β-unsaturated/α-hetero) is 2. The maximum Gasteiger partial charge on any atom is 0.317 e. The lowest BCUT2D eigenvalue weighted by molar-refractivity contribution is -0.736. The third-order valence-electron chi connectivity index (χ3n) is 8.21. The summed E-state index contributed by atoms with van der Waals surface area (Å²) in [7, 11) is 1.26. The summed E-state index contributed by atoms with van der Waals surface area (Å²) in [6.45, 7) is 0. The first-order valence-electron chi connectivity index (χ1n) is 13.1. The van der Waals surface area contributed by atoms with Crippen molar-refractivity contribution in [2.45, 2.75) is 24.9 Å². The van der Waals surface area contributed by atoms with Crippen molar-refractivity contribution in [1.82, 2.24) is 4.98 Å². The van der Waals surface area contributed by atoms with Crippen LogP contribution in [0.3, 0.4) is 0 Å². The number of nitrogens with two attached hydrogens (primary N) is 1. The van der Waals surface area contributed by atoms with Crippen LogP contribution in [-0.2, 0) is 25.6 Å². The van der Waals surface area contributed by atoms with Gasteiger partial charge in [0.2, 0.25) is 5.78 Å². The molecule has 13 nitrogen and oxygen atoms in total. The van der Waals surface area contributed by atoms with Crippen molar-refractivity contribution in [2.24, 2.45) is 17.6 Å². The van der Waals surface area contributed by atoms with E-state index < -0.39 is 58.4 Å². The van der Waals surface area contributed by atoms with Crippen molar-refractivity contribution >= 4 is 51.1 Å². The van der Waals surface area contributed by atoms with Gasteiger partial charge in [-0.2, -0.15) is 0 Å². The second kappa shape index (κ2) is 10.0. The molecular formula is C29H25N4O9S+. The number of nitrogens with one attached hydrogen (secondary N) is 1. The largest absolute Gasteiger partial charge is 0.508 e. The molecule has 6 rings (SSSR count). The fraction of sp³-hybridized carbons (Fsp3) is 0.241. The monoisotopic (exact) mass is 605 g/mol. The molecule has 1 heterocycles. The topological polar surface area (TPSA) is 212 Å². The number of carbonyl (C=O) groups is 3. The Hall–Kier alpha value is -5.08. The van der Waals surface area contributed by atoms with Gasteiger partial charge in [0.05, 0.1) is 16.2 Å². The van der Waals surface area contributed by atoms with Crippen LogP contribution in [0.2, 0.25) is 0 Å². The fourth-order valence-corrected chi connectivity index (χ4v) is 6.93. The minimum Gasteiger partial charge on any atom is -0.508 e. The van der Waals surface area contributed by atoms with Crippen LogP contribution in [0.25, 0.3) is 17.0 Å². The molecule has 0 saturated heterocycles. The van der Waals surface area contributed by atoms with Crippen molar-refractivity contribution in [3.63, 3.8) is 0 Å². The highest BCUT2D eigenvalue weighted by Gasteiger charge is 2.60. The smallest absolute Gasteiger partial charge is 0.317 e. The second-order valence-electron chi connectivity index (χ2n) is 10.5. The Morgan fingerprint density at radius 2 is 1.95 bits per heavy atom. The number of phenolic OH excluding ortho intramolecular Hbond substituents is 1. The van der Waals surface area contributed by atoms with Gasteiger partial charge in [-0.25, -0.2) is 9.82 Å². The van der Waals surface area contributed by atoms with Gasteiger partial charge in [0.15, 0.2) is 23.6 Å². The highest BCUT2D eigenvalue weighted by atomic mass is 32.1. The lowest BCUT2D eigenvalue weighted by atomic mass is 9.59. The zero-order valence-corrected chi connectivity index (χ0v) is 23.3. The Morgan fingerprint density at radius 3 is 2.67 bits per heavy atom. The molecule has 0 radical (unpaired) electrons. The van der Waals surface area contributed by atoms with Gasteiger partial charge in [-0.3, -0.25) is 14.4 Å². The number of aromatic nitrogens is 1. The standard InChI is InChI=1S/C29H24N4O9S/c1-42-33(41)15-4-2-3-12(8-15)18-11-43-28(32-18)31-17-5-6-19(34)22-16(17)9-13-7-14-10-20(35)23(27(30)39)26(38)29(14,40)25(37)21(13)24(22)36/h2-6,8,11,13-14,40H,7,9-10H2,1H3,(H5-,30,31,32,34,35,36,37,38,39)/p+1/t13-,14+,29+/m1/s1. The Morgan fingerprint density at radius 1 is 1.19 bits per heavy atom. The van der Waals surface area contributed by atoms with E-state index in [-0.39, 0.29) is 35.4 Å². The first-order valence-corrected chi connectivity index (χ1v) is 14.0. The number of benzene rings is 2. The average Bonchev–Trinajstić information content (AvgIpc) is 3.44. The van der Waals surface area contributed by atoms with Crippen LogP contribution < -0.4 is 11.1 Å². The van der Waals surface area contributed by atoms with E-state index in [1.165, 1.54) is 24.5 Å². The molecule has 7 N–H and O–H groups in total. The number of amides is 1. The van der Waals surface area contributed by atoms with Gasteiger partial charge >= 0.3 is 5.69 Å². The molecule has 3 aromatic rings. The summed E-state index contributed by atoms with van der Waals surface area (Å²) in [6, 6.07) is 9.63. The lowest BCUT2D eigenvalue weighted by Crippen LogP contribution is -2.58. The summed E-state index contributed by atoms with van der Waals surface area (Å²) < 4.78 is 0. The van der Waals surface area contributed by atoms with Crippen LogP contribution in [0.15, 0.2) is 58.7 Å². The molecule has 2 aromatic carbocycles. The van der Waals surface area contributed by atoms with E-state index in [1.807, 2.05) is 0 Å². The SMILES string of the molecule is CO[N+](=O)c1cccc(-c2csc(Nc3ccc(O)c4c3C[C@H]3C[C@H]5CC(=O)C(C(N)=O)=C(O)[C@@]5(O)C(=O)C3=C4O)n2)c1. The number of phenols is 1. The minimum atomic E-state index is -2.62. The van der Waals surface area contributed by atoms with E-state index in [2.05, 4.69) is 10.3 Å². The van der Waals surface area contributed by atoms with E-state index in [0.29, 0.717) is 32.6 Å². The molecule has 1 aromatic heterocycles. The van der Waals surface area contributed by atoms with E-state index >= 15 is 0 Å². The predicted octanol–water partition coefficient (Wildman–Crippen LogP) is 3.26. The summed E-state index contributed by atoms with van der Waals surface area (Å²) in [6.07, 6.45) is -0.236. The molecule has 1 fully saturated rings. The number of nitrogens with zero attached hydrogens (tertiary/aromatic N) is 2. The third kappa shape index (κ3) is 4.25. The number of primary amides is 1. The number of hydrogen-bond acceptors (Lipinski definition) is 12. The number of fused-ring (bicyclic) bond motifs is 3. The summed E-state index contributed by atoms with van der Waals surface area (Å²) >= 11 is 1.28. The maximum atomic E-state index is 13.7. The van der Waals surface area contributed by atoms with Crippen molar-refractivity contribution in [1.29, 1.82) is 0 Å². The van der Waals surface area contributed by atoms with Gasteiger partial charge in [0.25, 0.3) is 10.8 Å². The summed E-state index contributed by atoms with van der Waals surface area (Å²) in [5, 5.41) is 49.6. The number of aliphatic hydroxyl groups excluding tert-OH is 2. The zero-order valence-electron chi connectivity index (χ0n) is 22.5. The van der Waals surface area contributed by atoms with Gasteiger partial charge in [-0.15, -0.1) is 11.3 Å². The van der Waals surface area contributed by atoms with E-state index in [4.69, 9.17) is 10.6 Å². The predicted molar refractivity (Wildman–Crippen MR) is 153 cm³/mol. The van der Waals surface area contributed by atoms with Crippen LogP contribution in [0.5, 0.6) is 5.75 Å². The van der Waals surface area contributed by atoms with Crippen molar-refractivity contribution in [3.05, 3.63) is 74.7 Å². The van der Waals surface area contributed by atoms with Crippen LogP contribution in [0, 0.1) is 16.7 Å². The Labute approximate surface area is 247 Å². The molecule has 220 valence electrons. The molecular weight excluding hydrogens is 580 g/mol. The van der Waals surface area contributed by atoms with Crippen LogP contribution in [-0.4, -0.2) is 60.5 Å². The molecule has 0 unspecified atom stereocenters. The molecule has 0 bridgehead atoms. The van der Waals surface area contributed by atoms with Gasteiger partial charge in [0, 0.05) is 46.7 Å². The van der Waals surface area contributed by atoms with Gasteiger partial charge in [-0.05, 0) is 36.5 Å². The number of anilines is 2. The lowest BCUT2D eigenvalue weighted by Gasteiger charge is -2.46. The van der Waals surface area contributed by atoms with Gasteiger partial charge in [-0.1, -0.05) is 12.1 Å². The van der Waals surface area contributed by atoms with Gasteiger partial charge in [0.1, 0.15) is 22.8 Å². The molecule has 3 aliphatic rings. The average molecular weight is 606 g/mol. The molecule has 3 aliphatic carbocycles. The number of thiazole rings is 1. The third-order valence-corrected chi connectivity index (χ3v) is 8.97. The number of rotatable bonds is 6. The molecule has 14 heteroatoms. The first kappa shape index (κ1) is 28.1.